The molecule has 2 aromatic rings. The molecule has 0 atom stereocenters. The molecule has 1 heterocycles. The normalized spacial score (nSPS) is 10.3. The van der Waals surface area contributed by atoms with Crippen molar-refractivity contribution in [2.75, 3.05) is 20.0 Å². The zero-order valence-electron chi connectivity index (χ0n) is 9.45. The van der Waals surface area contributed by atoms with Gasteiger partial charge in [0.15, 0.2) is 0 Å². The van der Waals surface area contributed by atoms with Crippen LogP contribution >= 0.6 is 11.6 Å². The molecule has 5 nitrogen and oxygen atoms in total. The molecular weight excluding hydrogens is 242 g/mol. The number of halogens is 1. The number of ether oxygens (including phenoxy) is 2. The molecule has 6 heteroatoms. The van der Waals surface area contributed by atoms with Crippen LogP contribution in [0.2, 0.25) is 5.02 Å². The van der Waals surface area contributed by atoms with Gasteiger partial charge >= 0.3 is 0 Å². The highest BCUT2D eigenvalue weighted by Crippen LogP contribution is 2.41. The first-order chi connectivity index (χ1) is 8.17. The maximum Gasteiger partial charge on any atom is 0.145 e. The minimum Gasteiger partial charge on any atom is -0.496 e. The summed E-state index contributed by atoms with van der Waals surface area (Å²) in [6.45, 7) is 0. The lowest BCUT2D eigenvalue weighted by atomic mass is 10.1. The van der Waals surface area contributed by atoms with E-state index in [4.69, 9.17) is 26.8 Å². The summed E-state index contributed by atoms with van der Waals surface area (Å²) in [4.78, 5) is 0. The van der Waals surface area contributed by atoms with Crippen molar-refractivity contribution in [2.24, 2.45) is 0 Å². The molecule has 0 aliphatic heterocycles. The molecule has 1 aromatic heterocycles. The number of aromatic nitrogens is 2. The summed E-state index contributed by atoms with van der Waals surface area (Å²) in [5.74, 6) is 1.58. The van der Waals surface area contributed by atoms with Crippen LogP contribution in [0.5, 0.6) is 11.5 Å². The Balaban J connectivity index is 2.64. The fraction of sp³-hybridized carbons (Fsp3) is 0.182. The van der Waals surface area contributed by atoms with Gasteiger partial charge in [-0.1, -0.05) is 11.6 Å². The number of hydrogen-bond acceptors (Lipinski definition) is 4. The molecule has 90 valence electrons. The quantitative estimate of drug-likeness (QED) is 0.881. The van der Waals surface area contributed by atoms with Gasteiger partial charge in [-0.25, -0.2) is 0 Å². The summed E-state index contributed by atoms with van der Waals surface area (Å²) in [5, 5.41) is 7.11. The molecule has 0 radical (unpaired) electrons. The van der Waals surface area contributed by atoms with E-state index < -0.39 is 0 Å². The molecule has 0 unspecified atom stereocenters. The molecule has 0 amide bonds. The van der Waals surface area contributed by atoms with Crippen LogP contribution in [0.25, 0.3) is 11.3 Å². The number of anilines is 1. The number of benzene rings is 1. The smallest absolute Gasteiger partial charge is 0.145 e. The third-order valence-electron chi connectivity index (χ3n) is 2.38. The number of nitrogens with one attached hydrogen (secondary N) is 1. The van der Waals surface area contributed by atoms with Gasteiger partial charge in [0.1, 0.15) is 17.3 Å². The first kappa shape index (κ1) is 11.6. The first-order valence-electron chi connectivity index (χ1n) is 4.89. The average Bonchev–Trinajstić information content (AvgIpc) is 2.75. The zero-order valence-corrected chi connectivity index (χ0v) is 10.2. The SMILES string of the molecule is COc1ccc(OC)c(-c2cc(N)n[nH]2)c1Cl. The van der Waals surface area contributed by atoms with Crippen LogP contribution in [-0.4, -0.2) is 24.4 Å². The molecule has 3 N–H and O–H groups in total. The molecule has 0 fully saturated rings. The molecular formula is C11H12ClN3O2. The van der Waals surface area contributed by atoms with Gasteiger partial charge in [0.25, 0.3) is 0 Å². The average molecular weight is 254 g/mol. The highest BCUT2D eigenvalue weighted by atomic mass is 35.5. The van der Waals surface area contributed by atoms with E-state index in [2.05, 4.69) is 10.2 Å². The van der Waals surface area contributed by atoms with E-state index in [1.54, 1.807) is 32.4 Å². The van der Waals surface area contributed by atoms with Gasteiger partial charge in [0, 0.05) is 6.07 Å². The van der Waals surface area contributed by atoms with Crippen molar-refractivity contribution in [1.82, 2.24) is 10.2 Å². The monoisotopic (exact) mass is 253 g/mol. The summed E-state index contributed by atoms with van der Waals surface area (Å²) in [7, 11) is 3.13. The number of rotatable bonds is 3. The number of nitrogen functional groups attached to an aromatic ring is 1. The van der Waals surface area contributed by atoms with Crippen LogP contribution in [-0.2, 0) is 0 Å². The van der Waals surface area contributed by atoms with Crippen LogP contribution < -0.4 is 15.2 Å². The van der Waals surface area contributed by atoms with Crippen molar-refractivity contribution in [3.05, 3.63) is 23.2 Å². The highest BCUT2D eigenvalue weighted by molar-refractivity contribution is 6.35. The Morgan fingerprint density at radius 3 is 2.41 bits per heavy atom. The molecule has 1 aromatic carbocycles. The van der Waals surface area contributed by atoms with E-state index in [-0.39, 0.29) is 0 Å². The number of hydrogen-bond donors (Lipinski definition) is 2. The van der Waals surface area contributed by atoms with Crippen molar-refractivity contribution in [2.45, 2.75) is 0 Å². The van der Waals surface area contributed by atoms with Crippen LogP contribution in [0.1, 0.15) is 0 Å². The molecule has 0 saturated carbocycles. The lowest BCUT2D eigenvalue weighted by Crippen LogP contribution is -1.92. The highest BCUT2D eigenvalue weighted by Gasteiger charge is 2.16. The molecule has 17 heavy (non-hydrogen) atoms. The van der Waals surface area contributed by atoms with E-state index in [0.29, 0.717) is 33.6 Å². The van der Waals surface area contributed by atoms with Gasteiger partial charge < -0.3 is 15.2 Å². The van der Waals surface area contributed by atoms with E-state index in [0.717, 1.165) is 0 Å². The van der Waals surface area contributed by atoms with Crippen LogP contribution in [0.4, 0.5) is 5.82 Å². The third kappa shape index (κ3) is 2.01. The Bertz CT molecular complexity index is 540. The van der Waals surface area contributed by atoms with Crippen molar-refractivity contribution < 1.29 is 9.47 Å². The summed E-state index contributed by atoms with van der Waals surface area (Å²) in [5.41, 5.74) is 6.93. The second-order valence-electron chi connectivity index (χ2n) is 3.37. The predicted molar refractivity (Wildman–Crippen MR) is 66.6 cm³/mol. The Kier molecular flexibility index (Phi) is 3.10. The lowest BCUT2D eigenvalue weighted by Gasteiger charge is -2.11. The van der Waals surface area contributed by atoms with Crippen LogP contribution in [0.15, 0.2) is 18.2 Å². The number of aromatic amines is 1. The molecule has 0 saturated heterocycles. The van der Waals surface area contributed by atoms with Crippen LogP contribution in [0, 0.1) is 0 Å². The lowest BCUT2D eigenvalue weighted by molar-refractivity contribution is 0.404. The first-order valence-corrected chi connectivity index (χ1v) is 5.27. The van der Waals surface area contributed by atoms with E-state index in [9.17, 15) is 0 Å². The molecule has 2 rings (SSSR count). The van der Waals surface area contributed by atoms with E-state index in [1.807, 2.05) is 0 Å². The van der Waals surface area contributed by atoms with Crippen molar-refractivity contribution >= 4 is 17.4 Å². The van der Waals surface area contributed by atoms with Gasteiger partial charge in [-0.3, -0.25) is 5.10 Å². The van der Waals surface area contributed by atoms with Gasteiger partial charge in [-0.2, -0.15) is 5.10 Å². The number of methoxy groups -OCH3 is 2. The minimum absolute atomic E-state index is 0.390. The van der Waals surface area contributed by atoms with E-state index >= 15 is 0 Å². The van der Waals surface area contributed by atoms with Crippen LogP contribution in [0.3, 0.4) is 0 Å². The Morgan fingerprint density at radius 2 is 1.88 bits per heavy atom. The fourth-order valence-corrected chi connectivity index (χ4v) is 1.92. The number of nitrogens with two attached hydrogens (primary N) is 1. The minimum atomic E-state index is 0.390. The molecule has 0 bridgehead atoms. The standard InChI is InChI=1S/C11H12ClN3O2/c1-16-7-3-4-8(17-2)11(12)10(7)6-5-9(13)15-14-6/h3-5H,1-2H3,(H3,13,14,15). The van der Waals surface area contributed by atoms with Crippen molar-refractivity contribution in [3.63, 3.8) is 0 Å². The molecule has 0 aliphatic carbocycles. The summed E-state index contributed by atoms with van der Waals surface area (Å²) in [6, 6.07) is 5.20. The van der Waals surface area contributed by atoms with Crippen molar-refractivity contribution in [3.8, 4) is 22.8 Å². The third-order valence-corrected chi connectivity index (χ3v) is 2.75. The Labute approximate surface area is 103 Å². The summed E-state index contributed by atoms with van der Waals surface area (Å²) < 4.78 is 10.4. The molecule has 0 spiro atoms. The Hall–Kier alpha value is -1.88. The fourth-order valence-electron chi connectivity index (χ4n) is 1.58. The predicted octanol–water partition coefficient (Wildman–Crippen LogP) is 2.33. The van der Waals surface area contributed by atoms with Gasteiger partial charge in [0.05, 0.1) is 30.5 Å². The second kappa shape index (κ2) is 4.55. The van der Waals surface area contributed by atoms with E-state index in [1.165, 1.54) is 0 Å². The van der Waals surface area contributed by atoms with Gasteiger partial charge in [-0.15, -0.1) is 0 Å². The topological polar surface area (TPSA) is 73.2 Å². The second-order valence-corrected chi connectivity index (χ2v) is 3.74. The Morgan fingerprint density at radius 1 is 1.24 bits per heavy atom. The largest absolute Gasteiger partial charge is 0.496 e. The molecule has 0 aliphatic rings. The summed E-state index contributed by atoms with van der Waals surface area (Å²) in [6.07, 6.45) is 0. The van der Waals surface area contributed by atoms with Gasteiger partial charge in [-0.05, 0) is 12.1 Å². The number of H-pyrrole nitrogens is 1. The summed E-state index contributed by atoms with van der Waals surface area (Å²) >= 11 is 6.24. The van der Waals surface area contributed by atoms with Crippen molar-refractivity contribution in [1.29, 1.82) is 0 Å². The maximum atomic E-state index is 6.24. The zero-order chi connectivity index (χ0) is 12.4. The number of nitrogens with zero attached hydrogens (tertiary/aromatic N) is 1. The maximum absolute atomic E-state index is 6.24. The van der Waals surface area contributed by atoms with Gasteiger partial charge in [0.2, 0.25) is 0 Å².